The molecular formula is C13H24N6. The van der Waals surface area contributed by atoms with Crippen molar-refractivity contribution in [2.24, 2.45) is 5.92 Å². The highest BCUT2D eigenvalue weighted by Crippen LogP contribution is 2.27. The number of nitrogens with zero attached hydrogens (tertiary/aromatic N) is 5. The van der Waals surface area contributed by atoms with Crippen LogP contribution >= 0.6 is 0 Å². The summed E-state index contributed by atoms with van der Waals surface area (Å²) in [5.41, 5.74) is 5.81. The van der Waals surface area contributed by atoms with Crippen LogP contribution in [0.3, 0.4) is 0 Å². The van der Waals surface area contributed by atoms with Crippen LogP contribution in [0.1, 0.15) is 33.1 Å². The largest absolute Gasteiger partial charge is 0.368 e. The molecule has 1 aliphatic carbocycles. The van der Waals surface area contributed by atoms with E-state index in [1.54, 1.807) is 0 Å². The van der Waals surface area contributed by atoms with E-state index in [9.17, 15) is 0 Å². The fourth-order valence-corrected chi connectivity index (χ4v) is 2.33. The molecule has 2 N–H and O–H groups in total. The van der Waals surface area contributed by atoms with Gasteiger partial charge >= 0.3 is 0 Å². The first-order valence-electron chi connectivity index (χ1n) is 7.11. The third kappa shape index (κ3) is 3.24. The molecule has 1 aromatic rings. The molecule has 1 fully saturated rings. The van der Waals surface area contributed by atoms with Crippen LogP contribution in [-0.2, 0) is 0 Å². The van der Waals surface area contributed by atoms with E-state index in [0.717, 1.165) is 25.6 Å². The Hall–Kier alpha value is -1.59. The molecule has 19 heavy (non-hydrogen) atoms. The van der Waals surface area contributed by atoms with E-state index in [2.05, 4.69) is 38.6 Å². The number of rotatable bonds is 6. The molecular weight excluding hydrogens is 240 g/mol. The zero-order valence-electron chi connectivity index (χ0n) is 12.1. The first-order valence-corrected chi connectivity index (χ1v) is 7.11. The predicted molar refractivity (Wildman–Crippen MR) is 78.4 cm³/mol. The fraction of sp³-hybridized carbons (Fsp3) is 0.769. The van der Waals surface area contributed by atoms with Gasteiger partial charge in [-0.1, -0.05) is 6.42 Å². The van der Waals surface area contributed by atoms with Crippen LogP contribution in [0.15, 0.2) is 0 Å². The van der Waals surface area contributed by atoms with Gasteiger partial charge in [-0.2, -0.15) is 15.0 Å². The number of nitrogen functional groups attached to an aromatic ring is 1. The number of hydrogen-bond donors (Lipinski definition) is 1. The maximum absolute atomic E-state index is 5.81. The van der Waals surface area contributed by atoms with Crippen molar-refractivity contribution in [3.63, 3.8) is 0 Å². The monoisotopic (exact) mass is 264 g/mol. The lowest BCUT2D eigenvalue weighted by molar-refractivity contribution is 0.320. The summed E-state index contributed by atoms with van der Waals surface area (Å²) in [6, 6.07) is 0. The maximum Gasteiger partial charge on any atom is 0.231 e. The van der Waals surface area contributed by atoms with Crippen LogP contribution in [0.5, 0.6) is 0 Å². The van der Waals surface area contributed by atoms with E-state index in [1.807, 2.05) is 7.05 Å². The van der Waals surface area contributed by atoms with Gasteiger partial charge in [-0.05, 0) is 32.6 Å². The Labute approximate surface area is 115 Å². The molecule has 0 aromatic carbocycles. The summed E-state index contributed by atoms with van der Waals surface area (Å²) in [5.74, 6) is 2.43. The summed E-state index contributed by atoms with van der Waals surface area (Å²) in [4.78, 5) is 17.2. The van der Waals surface area contributed by atoms with Crippen molar-refractivity contribution in [2.75, 3.05) is 42.2 Å². The Balaban J connectivity index is 2.14. The zero-order chi connectivity index (χ0) is 13.8. The van der Waals surface area contributed by atoms with Crippen molar-refractivity contribution in [3.05, 3.63) is 0 Å². The number of aromatic nitrogens is 3. The highest BCUT2D eigenvalue weighted by molar-refractivity contribution is 5.43. The van der Waals surface area contributed by atoms with Gasteiger partial charge < -0.3 is 15.5 Å². The predicted octanol–water partition coefficient (Wildman–Crippen LogP) is 1.54. The normalized spacial score (nSPS) is 15.1. The first kappa shape index (κ1) is 13.8. The Kier molecular flexibility index (Phi) is 4.39. The molecule has 2 rings (SSSR count). The van der Waals surface area contributed by atoms with Crippen LogP contribution in [0, 0.1) is 5.92 Å². The molecule has 106 valence electrons. The van der Waals surface area contributed by atoms with Crippen LogP contribution in [-0.4, -0.2) is 41.6 Å². The fourth-order valence-electron chi connectivity index (χ4n) is 2.33. The van der Waals surface area contributed by atoms with E-state index < -0.39 is 0 Å². The Morgan fingerprint density at radius 3 is 2.26 bits per heavy atom. The van der Waals surface area contributed by atoms with Crippen LogP contribution in [0.4, 0.5) is 17.8 Å². The lowest BCUT2D eigenvalue weighted by Crippen LogP contribution is -2.32. The molecule has 1 saturated carbocycles. The molecule has 0 aliphatic heterocycles. The van der Waals surface area contributed by atoms with E-state index in [-0.39, 0.29) is 0 Å². The third-order valence-corrected chi connectivity index (χ3v) is 3.77. The topological polar surface area (TPSA) is 71.2 Å². The van der Waals surface area contributed by atoms with Crippen LogP contribution < -0.4 is 15.5 Å². The second-order valence-corrected chi connectivity index (χ2v) is 5.14. The van der Waals surface area contributed by atoms with Crippen molar-refractivity contribution in [1.82, 2.24) is 15.0 Å². The highest BCUT2D eigenvalue weighted by atomic mass is 15.3. The van der Waals surface area contributed by atoms with Crippen molar-refractivity contribution in [3.8, 4) is 0 Å². The molecule has 6 heteroatoms. The van der Waals surface area contributed by atoms with Crippen molar-refractivity contribution in [1.29, 1.82) is 0 Å². The van der Waals surface area contributed by atoms with Crippen molar-refractivity contribution in [2.45, 2.75) is 33.1 Å². The average Bonchev–Trinajstić information content (AvgIpc) is 2.34. The Morgan fingerprint density at radius 1 is 1.11 bits per heavy atom. The van der Waals surface area contributed by atoms with Crippen LogP contribution in [0.25, 0.3) is 0 Å². The minimum atomic E-state index is 0.298. The molecule has 0 amide bonds. The molecule has 0 saturated heterocycles. The maximum atomic E-state index is 5.81. The standard InChI is InChI=1S/C13H24N6/c1-4-19(5-2)13-16-11(14)15-12(17-13)18(3)9-10-7-6-8-10/h10H,4-9H2,1-3H3,(H2,14,15,16,17). The van der Waals surface area contributed by atoms with Gasteiger partial charge in [0, 0.05) is 26.7 Å². The van der Waals surface area contributed by atoms with Crippen molar-refractivity contribution >= 4 is 17.8 Å². The molecule has 0 radical (unpaired) electrons. The Bertz CT molecular complexity index is 414. The molecule has 1 heterocycles. The van der Waals surface area contributed by atoms with E-state index in [4.69, 9.17) is 5.73 Å². The van der Waals surface area contributed by atoms with Crippen LogP contribution in [0.2, 0.25) is 0 Å². The highest BCUT2D eigenvalue weighted by Gasteiger charge is 2.21. The minimum Gasteiger partial charge on any atom is -0.368 e. The summed E-state index contributed by atoms with van der Waals surface area (Å²) in [5, 5.41) is 0. The van der Waals surface area contributed by atoms with Gasteiger partial charge in [0.2, 0.25) is 17.8 Å². The summed E-state index contributed by atoms with van der Waals surface area (Å²) in [6.07, 6.45) is 3.98. The average molecular weight is 264 g/mol. The number of hydrogen-bond acceptors (Lipinski definition) is 6. The summed E-state index contributed by atoms with van der Waals surface area (Å²) < 4.78 is 0. The second-order valence-electron chi connectivity index (χ2n) is 5.14. The lowest BCUT2D eigenvalue weighted by Gasteiger charge is -2.30. The van der Waals surface area contributed by atoms with Gasteiger partial charge in [0.05, 0.1) is 0 Å². The smallest absolute Gasteiger partial charge is 0.231 e. The van der Waals surface area contributed by atoms with Gasteiger partial charge in [-0.15, -0.1) is 0 Å². The van der Waals surface area contributed by atoms with Gasteiger partial charge in [0.1, 0.15) is 0 Å². The lowest BCUT2D eigenvalue weighted by atomic mass is 9.85. The first-order chi connectivity index (χ1) is 9.13. The van der Waals surface area contributed by atoms with Gasteiger partial charge in [0.25, 0.3) is 0 Å². The quantitative estimate of drug-likeness (QED) is 0.840. The molecule has 6 nitrogen and oxygen atoms in total. The van der Waals surface area contributed by atoms with E-state index in [1.165, 1.54) is 19.3 Å². The zero-order valence-corrected chi connectivity index (χ0v) is 12.1. The third-order valence-electron chi connectivity index (χ3n) is 3.77. The van der Waals surface area contributed by atoms with Crippen molar-refractivity contribution < 1.29 is 0 Å². The van der Waals surface area contributed by atoms with Gasteiger partial charge in [-0.25, -0.2) is 0 Å². The second kappa shape index (κ2) is 6.04. The summed E-state index contributed by atoms with van der Waals surface area (Å²) in [7, 11) is 2.03. The number of nitrogens with two attached hydrogens (primary N) is 1. The molecule has 0 atom stereocenters. The van der Waals surface area contributed by atoms with E-state index in [0.29, 0.717) is 17.8 Å². The SMILES string of the molecule is CCN(CC)c1nc(N)nc(N(C)CC2CCC2)n1. The summed E-state index contributed by atoms with van der Waals surface area (Å²) in [6.45, 7) is 6.90. The Morgan fingerprint density at radius 2 is 1.74 bits per heavy atom. The number of anilines is 3. The molecule has 0 bridgehead atoms. The van der Waals surface area contributed by atoms with Gasteiger partial charge in [0.15, 0.2) is 0 Å². The molecule has 1 aromatic heterocycles. The molecule has 0 spiro atoms. The van der Waals surface area contributed by atoms with Gasteiger partial charge in [-0.3, -0.25) is 0 Å². The minimum absolute atomic E-state index is 0.298. The summed E-state index contributed by atoms with van der Waals surface area (Å²) >= 11 is 0. The molecule has 0 unspecified atom stereocenters. The molecule has 1 aliphatic rings. The van der Waals surface area contributed by atoms with E-state index >= 15 is 0 Å².